The second-order valence-corrected chi connectivity index (χ2v) is 10.9. The van der Waals surface area contributed by atoms with Crippen molar-refractivity contribution in [2.45, 2.75) is 37.7 Å². The topological polar surface area (TPSA) is 137 Å². The molecule has 0 saturated carbocycles. The van der Waals surface area contributed by atoms with Crippen LogP contribution in [-0.2, 0) is 15.8 Å². The van der Waals surface area contributed by atoms with Crippen molar-refractivity contribution in [3.63, 3.8) is 0 Å². The maximum Gasteiger partial charge on any atom is 0.424 e. The minimum absolute atomic E-state index is 0.0710. The number of halogens is 8. The second-order valence-electron chi connectivity index (χ2n) is 10.9. The molecule has 0 bridgehead atoms. The van der Waals surface area contributed by atoms with E-state index in [1.165, 1.54) is 19.2 Å². The van der Waals surface area contributed by atoms with Crippen LogP contribution in [0.3, 0.4) is 0 Å². The minimum Gasteiger partial charge on any atom is -0.489 e. The lowest BCUT2D eigenvalue weighted by molar-refractivity contribution is -0.265. The van der Waals surface area contributed by atoms with E-state index in [1.54, 1.807) is 6.92 Å². The first-order valence-electron chi connectivity index (χ1n) is 13.4. The summed E-state index contributed by atoms with van der Waals surface area (Å²) in [5.41, 5.74) is -3.84. The van der Waals surface area contributed by atoms with E-state index in [-0.39, 0.29) is 10.9 Å². The summed E-state index contributed by atoms with van der Waals surface area (Å²) in [4.78, 5) is 33.2. The van der Waals surface area contributed by atoms with Gasteiger partial charge in [-0.3, -0.25) is 14.6 Å². The lowest BCUT2D eigenvalue weighted by Gasteiger charge is -2.31. The van der Waals surface area contributed by atoms with Crippen LogP contribution in [0.15, 0.2) is 42.6 Å². The van der Waals surface area contributed by atoms with Crippen molar-refractivity contribution in [1.82, 2.24) is 15.3 Å². The number of primary amides is 1. The number of nitrogens with one attached hydrogen (secondary N) is 1. The van der Waals surface area contributed by atoms with Gasteiger partial charge < -0.3 is 25.6 Å². The number of rotatable bonds is 8. The maximum absolute atomic E-state index is 14.9. The van der Waals surface area contributed by atoms with Crippen molar-refractivity contribution >= 4 is 22.7 Å². The lowest BCUT2D eigenvalue weighted by Crippen LogP contribution is -2.51. The summed E-state index contributed by atoms with van der Waals surface area (Å²) in [6.45, 7) is -2.79. The number of amides is 2. The molecule has 2 amide bonds. The second kappa shape index (κ2) is 11.6. The predicted molar refractivity (Wildman–Crippen MR) is 147 cm³/mol. The summed E-state index contributed by atoms with van der Waals surface area (Å²) >= 11 is 0. The Balaban J connectivity index is 1.62. The molecule has 9 nitrogen and oxygen atoms in total. The molecule has 2 aromatic heterocycles. The molecular weight excluding hydrogens is 648 g/mol. The zero-order valence-electron chi connectivity index (χ0n) is 24.1. The Morgan fingerprint density at radius 3 is 2.47 bits per heavy atom. The van der Waals surface area contributed by atoms with Crippen LogP contribution in [0.4, 0.5) is 35.1 Å². The van der Waals surface area contributed by atoms with Gasteiger partial charge in [-0.2, -0.15) is 22.0 Å². The fourth-order valence-corrected chi connectivity index (χ4v) is 4.98. The number of hydrogen-bond acceptors (Lipinski definition) is 7. The fourth-order valence-electron chi connectivity index (χ4n) is 4.98. The van der Waals surface area contributed by atoms with Crippen LogP contribution >= 0.6 is 0 Å². The van der Waals surface area contributed by atoms with E-state index in [0.717, 1.165) is 12.1 Å². The number of alkyl halides is 5. The highest BCUT2D eigenvalue weighted by molar-refractivity contribution is 6.00. The Kier molecular flexibility index (Phi) is 8.24. The summed E-state index contributed by atoms with van der Waals surface area (Å²) in [5.74, 6) is -8.91. The predicted octanol–water partition coefficient (Wildman–Crippen LogP) is 4.94. The molecule has 2 aromatic carbocycles. The molecule has 2 atom stereocenters. The Morgan fingerprint density at radius 1 is 1.13 bits per heavy atom. The van der Waals surface area contributed by atoms with Gasteiger partial charge in [-0.25, -0.2) is 18.2 Å². The van der Waals surface area contributed by atoms with Gasteiger partial charge in [-0.15, -0.1) is 0 Å². The lowest BCUT2D eigenvalue weighted by atomic mass is 9.81. The molecule has 248 valence electrons. The molecule has 0 aliphatic carbocycles. The summed E-state index contributed by atoms with van der Waals surface area (Å²) in [6.07, 6.45) is -4.30. The normalized spacial score (nSPS) is 17.3. The Hall–Kier alpha value is -5.06. The van der Waals surface area contributed by atoms with Crippen LogP contribution < -0.4 is 20.5 Å². The van der Waals surface area contributed by atoms with Crippen molar-refractivity contribution in [2.24, 2.45) is 5.73 Å². The number of benzene rings is 2. The molecule has 3 heterocycles. The van der Waals surface area contributed by atoms with Crippen molar-refractivity contribution in [1.29, 1.82) is 0 Å². The molecule has 0 unspecified atom stereocenters. The van der Waals surface area contributed by atoms with E-state index >= 15 is 0 Å². The van der Waals surface area contributed by atoms with E-state index in [0.29, 0.717) is 23.8 Å². The van der Waals surface area contributed by atoms with E-state index in [4.69, 9.17) is 10.5 Å². The third kappa shape index (κ3) is 5.75. The molecule has 4 N–H and O–H groups in total. The molecule has 0 saturated heterocycles. The number of pyridine rings is 2. The molecule has 1 aliphatic heterocycles. The molecule has 5 rings (SSSR count). The SMILES string of the molecule is Cc1cnc2c(OC(F)F)cc(C(=O)NC[C@](O)(c3cc4c(c(-c5ccc(F)c(F)c5F)n3)OC[C@]4(C)C(N)=O)C(F)(F)F)cc2c1. The van der Waals surface area contributed by atoms with E-state index in [9.17, 15) is 49.8 Å². The average Bonchev–Trinajstić information content (AvgIpc) is 3.34. The monoisotopic (exact) mass is 670 g/mol. The van der Waals surface area contributed by atoms with Crippen molar-refractivity contribution in [2.75, 3.05) is 13.2 Å². The van der Waals surface area contributed by atoms with Crippen LogP contribution in [-0.4, -0.2) is 52.8 Å². The van der Waals surface area contributed by atoms with E-state index in [1.807, 2.05) is 5.32 Å². The first-order chi connectivity index (χ1) is 21.9. The molecule has 4 aromatic rings. The summed E-state index contributed by atoms with van der Waals surface area (Å²) in [6, 6.07) is 5.16. The Labute approximate surface area is 259 Å². The molecule has 17 heteroatoms. The number of carbonyl (C=O) groups excluding carboxylic acids is 2. The molecule has 47 heavy (non-hydrogen) atoms. The third-order valence-electron chi connectivity index (χ3n) is 7.67. The molecule has 0 fully saturated rings. The van der Waals surface area contributed by atoms with Gasteiger partial charge in [0.25, 0.3) is 5.91 Å². The van der Waals surface area contributed by atoms with Gasteiger partial charge in [0.1, 0.15) is 29.0 Å². The number of nitrogens with two attached hydrogens (primary N) is 1. The largest absolute Gasteiger partial charge is 0.489 e. The highest BCUT2D eigenvalue weighted by Crippen LogP contribution is 2.48. The number of aryl methyl sites for hydroxylation is 1. The van der Waals surface area contributed by atoms with Gasteiger partial charge in [-0.05, 0) is 55.8 Å². The van der Waals surface area contributed by atoms with Crippen molar-refractivity contribution in [3.05, 3.63) is 82.4 Å². The summed E-state index contributed by atoms with van der Waals surface area (Å²) in [5, 5.41) is 13.2. The van der Waals surface area contributed by atoms with Crippen LogP contribution in [0.25, 0.3) is 22.2 Å². The number of nitrogens with zero attached hydrogens (tertiary/aromatic N) is 2. The van der Waals surface area contributed by atoms with Crippen molar-refractivity contribution < 1.29 is 59.3 Å². The van der Waals surface area contributed by atoms with Gasteiger partial charge >= 0.3 is 12.8 Å². The average molecular weight is 671 g/mol. The number of aliphatic hydroxyl groups is 1. The highest BCUT2D eigenvalue weighted by Gasteiger charge is 2.58. The number of fused-ring (bicyclic) bond motifs is 2. The first-order valence-corrected chi connectivity index (χ1v) is 13.4. The number of ether oxygens (including phenoxy) is 2. The quantitative estimate of drug-likeness (QED) is 0.179. The fraction of sp³-hybridized carbons (Fsp3) is 0.267. The van der Waals surface area contributed by atoms with Gasteiger partial charge in [0.2, 0.25) is 11.5 Å². The molecule has 0 spiro atoms. The molecule has 0 radical (unpaired) electrons. The highest BCUT2D eigenvalue weighted by atomic mass is 19.4. The zero-order chi connectivity index (χ0) is 34.6. The Bertz CT molecular complexity index is 1940. The summed E-state index contributed by atoms with van der Waals surface area (Å²) in [7, 11) is 0. The molecular formula is C30H22F8N4O5. The smallest absolute Gasteiger partial charge is 0.424 e. The minimum atomic E-state index is -5.64. The number of hydrogen-bond donors (Lipinski definition) is 3. The van der Waals surface area contributed by atoms with Gasteiger partial charge in [-0.1, -0.05) is 0 Å². The van der Waals surface area contributed by atoms with E-state index < -0.39 is 106 Å². The van der Waals surface area contributed by atoms with Crippen LogP contribution in [0.2, 0.25) is 0 Å². The van der Waals surface area contributed by atoms with Crippen molar-refractivity contribution in [3.8, 4) is 22.8 Å². The number of carbonyl (C=O) groups is 2. The standard InChI is InChI=1S/C30H22F8N4O5/c1-12-5-13-6-14(7-18(47-27(34)35)22(13)40-9-12)25(43)41-10-29(45,30(36,37)38)19-8-16-24(46-11-28(16,2)26(39)44)23(42-19)15-3-4-17(31)21(33)20(15)32/h3-9,27,45H,10-11H2,1-2H3,(H2,39,44)(H,41,43)/t28-,29-/m0/s1. The van der Waals surface area contributed by atoms with Gasteiger partial charge in [0.15, 0.2) is 23.2 Å². The third-order valence-corrected chi connectivity index (χ3v) is 7.67. The maximum atomic E-state index is 14.9. The Morgan fingerprint density at radius 2 is 1.83 bits per heavy atom. The summed E-state index contributed by atoms with van der Waals surface area (Å²) < 4.78 is 123. The first kappa shape index (κ1) is 33.3. The number of aromatic nitrogens is 2. The zero-order valence-corrected chi connectivity index (χ0v) is 24.1. The van der Waals surface area contributed by atoms with Crippen LogP contribution in [0.5, 0.6) is 11.5 Å². The van der Waals surface area contributed by atoms with Gasteiger partial charge in [0.05, 0.1) is 12.2 Å². The van der Waals surface area contributed by atoms with E-state index in [2.05, 4.69) is 14.7 Å². The van der Waals surface area contributed by atoms with Crippen LogP contribution in [0, 0.1) is 24.4 Å². The van der Waals surface area contributed by atoms with Crippen LogP contribution in [0.1, 0.15) is 34.1 Å². The van der Waals surface area contributed by atoms with Gasteiger partial charge in [0, 0.05) is 28.3 Å². The molecule has 1 aliphatic rings.